The highest BCUT2D eigenvalue weighted by atomic mass is 15.4. The molecule has 0 aliphatic heterocycles. The molecule has 0 bridgehead atoms. The van der Waals surface area contributed by atoms with Gasteiger partial charge in [0.05, 0.1) is 5.69 Å². The van der Waals surface area contributed by atoms with Gasteiger partial charge in [0.25, 0.3) is 0 Å². The van der Waals surface area contributed by atoms with Crippen molar-refractivity contribution >= 4 is 5.65 Å². The topological polar surface area (TPSA) is 68.9 Å². The number of nitrogens with zero attached hydrogens (tertiary/aromatic N) is 6. The van der Waals surface area contributed by atoms with Gasteiger partial charge in [-0.05, 0) is 19.1 Å². The van der Waals surface area contributed by atoms with E-state index in [0.29, 0.717) is 11.5 Å². The smallest absolute Gasteiger partial charge is 0.198 e. The molecular weight excluding hydrogens is 204 g/mol. The lowest BCUT2D eigenvalue weighted by molar-refractivity contribution is 0.886. The molecule has 0 fully saturated rings. The number of pyridine rings is 1. The Bertz CT molecular complexity index is 630. The van der Waals surface area contributed by atoms with Crippen LogP contribution in [0.25, 0.3) is 17.0 Å². The summed E-state index contributed by atoms with van der Waals surface area (Å²) in [4.78, 5) is 8.34. The summed E-state index contributed by atoms with van der Waals surface area (Å²) in [5.74, 6) is 0.646. The van der Waals surface area contributed by atoms with Gasteiger partial charge in [-0.15, -0.1) is 15.3 Å². The summed E-state index contributed by atoms with van der Waals surface area (Å²) in [6, 6.07) is 3.73. The normalized spacial score (nSPS) is 10.8. The zero-order chi connectivity index (χ0) is 11.0. The van der Waals surface area contributed by atoms with Gasteiger partial charge in [0, 0.05) is 18.0 Å². The highest BCUT2D eigenvalue weighted by Crippen LogP contribution is 2.14. The number of hydrogen-bond donors (Lipinski definition) is 0. The van der Waals surface area contributed by atoms with E-state index in [2.05, 4.69) is 25.3 Å². The molecule has 0 radical (unpaired) electrons. The third kappa shape index (κ3) is 1.31. The van der Waals surface area contributed by atoms with E-state index in [0.717, 1.165) is 11.3 Å². The molecule has 3 heterocycles. The first-order valence-electron chi connectivity index (χ1n) is 4.79. The van der Waals surface area contributed by atoms with Crippen molar-refractivity contribution in [3.05, 3.63) is 36.5 Å². The number of rotatable bonds is 1. The minimum absolute atomic E-state index is 0.646. The molecule has 78 valence electrons. The molecule has 3 aromatic rings. The van der Waals surface area contributed by atoms with Crippen molar-refractivity contribution in [3.63, 3.8) is 0 Å². The van der Waals surface area contributed by atoms with E-state index in [9.17, 15) is 0 Å². The van der Waals surface area contributed by atoms with Gasteiger partial charge in [-0.25, -0.2) is 4.98 Å². The first kappa shape index (κ1) is 8.90. The van der Waals surface area contributed by atoms with Gasteiger partial charge < -0.3 is 0 Å². The Kier molecular flexibility index (Phi) is 1.86. The summed E-state index contributed by atoms with van der Waals surface area (Å²) >= 11 is 0. The van der Waals surface area contributed by atoms with Gasteiger partial charge in [0.15, 0.2) is 11.5 Å². The molecule has 0 aliphatic rings. The third-order valence-electron chi connectivity index (χ3n) is 2.27. The zero-order valence-corrected chi connectivity index (χ0v) is 8.57. The molecule has 0 atom stereocenters. The lowest BCUT2D eigenvalue weighted by atomic mass is 10.2. The van der Waals surface area contributed by atoms with Crippen LogP contribution in [0.4, 0.5) is 0 Å². The summed E-state index contributed by atoms with van der Waals surface area (Å²) in [6.45, 7) is 1.89. The van der Waals surface area contributed by atoms with Gasteiger partial charge >= 0.3 is 0 Å². The van der Waals surface area contributed by atoms with Crippen LogP contribution in [0, 0.1) is 6.92 Å². The summed E-state index contributed by atoms with van der Waals surface area (Å²) < 4.78 is 1.62. The predicted octanol–water partition coefficient (Wildman–Crippen LogP) is 0.890. The van der Waals surface area contributed by atoms with Gasteiger partial charge in [-0.1, -0.05) is 0 Å². The van der Waals surface area contributed by atoms with Crippen LogP contribution in [-0.2, 0) is 0 Å². The van der Waals surface area contributed by atoms with E-state index in [1.54, 1.807) is 23.2 Å². The van der Waals surface area contributed by atoms with Crippen molar-refractivity contribution in [3.8, 4) is 11.4 Å². The number of hydrogen-bond acceptors (Lipinski definition) is 5. The Balaban J connectivity index is 2.25. The monoisotopic (exact) mass is 212 g/mol. The SMILES string of the molecule is Cc1nc(-c2ccncc2)nn2cnnc12. The van der Waals surface area contributed by atoms with Crippen molar-refractivity contribution < 1.29 is 0 Å². The standard InChI is InChI=1S/C10H8N6/c1-7-10-14-12-6-16(10)15-9(13-7)8-2-4-11-5-3-8/h2-6H,1H3. The second-order valence-corrected chi connectivity index (χ2v) is 3.36. The predicted molar refractivity (Wildman–Crippen MR) is 56.5 cm³/mol. The van der Waals surface area contributed by atoms with Crippen molar-refractivity contribution in [2.75, 3.05) is 0 Å². The molecule has 0 saturated heterocycles. The molecule has 0 aromatic carbocycles. The Morgan fingerprint density at radius 2 is 2.00 bits per heavy atom. The van der Waals surface area contributed by atoms with Gasteiger partial charge in [0.2, 0.25) is 0 Å². The molecular formula is C10H8N6. The molecule has 0 unspecified atom stereocenters. The Morgan fingerprint density at radius 1 is 1.19 bits per heavy atom. The van der Waals surface area contributed by atoms with E-state index in [-0.39, 0.29) is 0 Å². The van der Waals surface area contributed by atoms with E-state index in [4.69, 9.17) is 0 Å². The number of aryl methyl sites for hydroxylation is 1. The van der Waals surface area contributed by atoms with Crippen LogP contribution in [-0.4, -0.2) is 29.8 Å². The Morgan fingerprint density at radius 3 is 2.81 bits per heavy atom. The molecule has 16 heavy (non-hydrogen) atoms. The van der Waals surface area contributed by atoms with Crippen LogP contribution in [0.2, 0.25) is 0 Å². The fraction of sp³-hybridized carbons (Fsp3) is 0.100. The first-order valence-corrected chi connectivity index (χ1v) is 4.79. The van der Waals surface area contributed by atoms with Crippen LogP contribution < -0.4 is 0 Å². The van der Waals surface area contributed by atoms with Crippen LogP contribution in [0.5, 0.6) is 0 Å². The molecule has 0 spiro atoms. The Labute approximate surface area is 91.0 Å². The highest BCUT2D eigenvalue weighted by Gasteiger charge is 2.07. The Hall–Kier alpha value is -2.37. The zero-order valence-electron chi connectivity index (χ0n) is 8.57. The fourth-order valence-corrected chi connectivity index (χ4v) is 1.50. The van der Waals surface area contributed by atoms with E-state index < -0.39 is 0 Å². The number of aromatic nitrogens is 6. The van der Waals surface area contributed by atoms with Crippen molar-refractivity contribution in [2.24, 2.45) is 0 Å². The van der Waals surface area contributed by atoms with Crippen molar-refractivity contribution in [1.82, 2.24) is 29.8 Å². The molecule has 6 nitrogen and oxygen atoms in total. The second kappa shape index (κ2) is 3.34. The largest absolute Gasteiger partial charge is 0.265 e. The molecule has 0 amide bonds. The van der Waals surface area contributed by atoms with Crippen LogP contribution in [0.15, 0.2) is 30.9 Å². The summed E-state index contributed by atoms with van der Waals surface area (Å²) in [5.41, 5.74) is 2.41. The third-order valence-corrected chi connectivity index (χ3v) is 2.27. The van der Waals surface area contributed by atoms with E-state index in [1.807, 2.05) is 19.1 Å². The van der Waals surface area contributed by atoms with Gasteiger partial charge in [-0.2, -0.15) is 4.52 Å². The number of fused-ring (bicyclic) bond motifs is 1. The van der Waals surface area contributed by atoms with Gasteiger partial charge in [-0.3, -0.25) is 4.98 Å². The van der Waals surface area contributed by atoms with Gasteiger partial charge in [0.1, 0.15) is 6.33 Å². The molecule has 3 aromatic heterocycles. The lowest BCUT2D eigenvalue weighted by Crippen LogP contribution is -2.00. The van der Waals surface area contributed by atoms with Crippen LogP contribution >= 0.6 is 0 Å². The highest BCUT2D eigenvalue weighted by molar-refractivity contribution is 5.55. The lowest BCUT2D eigenvalue weighted by Gasteiger charge is -2.01. The molecule has 6 heteroatoms. The minimum Gasteiger partial charge on any atom is -0.265 e. The van der Waals surface area contributed by atoms with E-state index in [1.165, 1.54) is 0 Å². The minimum atomic E-state index is 0.646. The first-order chi connectivity index (χ1) is 7.84. The van der Waals surface area contributed by atoms with Crippen LogP contribution in [0.3, 0.4) is 0 Å². The second-order valence-electron chi connectivity index (χ2n) is 3.36. The summed E-state index contributed by atoms with van der Waals surface area (Å²) in [5, 5.41) is 12.0. The van der Waals surface area contributed by atoms with Crippen molar-refractivity contribution in [2.45, 2.75) is 6.92 Å². The molecule has 0 saturated carbocycles. The fourth-order valence-electron chi connectivity index (χ4n) is 1.50. The van der Waals surface area contributed by atoms with Crippen LogP contribution in [0.1, 0.15) is 5.69 Å². The average molecular weight is 212 g/mol. The molecule has 0 aliphatic carbocycles. The maximum absolute atomic E-state index is 4.38. The molecule has 0 N–H and O–H groups in total. The average Bonchev–Trinajstić information content (AvgIpc) is 2.79. The molecule has 3 rings (SSSR count). The van der Waals surface area contributed by atoms with Crippen molar-refractivity contribution in [1.29, 1.82) is 0 Å². The maximum Gasteiger partial charge on any atom is 0.198 e. The maximum atomic E-state index is 4.38. The van der Waals surface area contributed by atoms with E-state index >= 15 is 0 Å². The summed E-state index contributed by atoms with van der Waals surface area (Å²) in [6.07, 6.45) is 4.99. The summed E-state index contributed by atoms with van der Waals surface area (Å²) in [7, 11) is 0. The quantitative estimate of drug-likeness (QED) is 0.599.